The van der Waals surface area contributed by atoms with Crippen LogP contribution in [0, 0.1) is 0 Å². The third kappa shape index (κ3) is 3.02. The summed E-state index contributed by atoms with van der Waals surface area (Å²) in [4.78, 5) is 12.4. The van der Waals surface area contributed by atoms with E-state index in [1.54, 1.807) is 46.5 Å². The minimum absolute atomic E-state index is 0.294. The van der Waals surface area contributed by atoms with Crippen molar-refractivity contribution in [2.24, 2.45) is 0 Å². The van der Waals surface area contributed by atoms with Crippen molar-refractivity contribution in [3.63, 3.8) is 0 Å². The van der Waals surface area contributed by atoms with E-state index in [-0.39, 0.29) is 0 Å². The van der Waals surface area contributed by atoms with Crippen LogP contribution >= 0.6 is 0 Å². The lowest BCUT2D eigenvalue weighted by Crippen LogP contribution is -2.10. The number of fused-ring (bicyclic) bond motifs is 1. The third-order valence-electron chi connectivity index (χ3n) is 3.77. The molecule has 5 heteroatoms. The van der Waals surface area contributed by atoms with E-state index in [2.05, 4.69) is 6.58 Å². The average Bonchev–Trinajstić information content (AvgIpc) is 2.60. The number of benzene rings is 2. The topological polar surface area (TPSA) is 54.0 Å². The standard InChI is InChI=1S/C19H22O5/c1-6-8-12-13(19(20)24-7-2)11-14-15(21-3)9-10-16(22-4)17(14)18(12)23-5/h6,9-11H,1,7-8H2,2-5H3. The molecule has 5 nitrogen and oxygen atoms in total. The number of carbonyl (C=O) groups excluding carboxylic acids is 1. The van der Waals surface area contributed by atoms with Gasteiger partial charge in [0.15, 0.2) is 0 Å². The molecule has 2 aromatic carbocycles. The Labute approximate surface area is 141 Å². The van der Waals surface area contributed by atoms with Crippen LogP contribution in [-0.2, 0) is 11.2 Å². The molecule has 0 saturated carbocycles. The molecule has 0 aromatic heterocycles. The van der Waals surface area contributed by atoms with Crippen LogP contribution < -0.4 is 14.2 Å². The number of ether oxygens (including phenoxy) is 4. The van der Waals surface area contributed by atoms with E-state index in [0.29, 0.717) is 41.4 Å². The van der Waals surface area contributed by atoms with Gasteiger partial charge in [-0.05, 0) is 31.5 Å². The van der Waals surface area contributed by atoms with Crippen LogP contribution in [0.15, 0.2) is 30.9 Å². The van der Waals surface area contributed by atoms with Gasteiger partial charge in [0, 0.05) is 10.9 Å². The van der Waals surface area contributed by atoms with Crippen LogP contribution in [-0.4, -0.2) is 33.9 Å². The van der Waals surface area contributed by atoms with Gasteiger partial charge in [-0.15, -0.1) is 6.58 Å². The van der Waals surface area contributed by atoms with Gasteiger partial charge in [0.1, 0.15) is 17.2 Å². The van der Waals surface area contributed by atoms with Crippen molar-refractivity contribution in [1.82, 2.24) is 0 Å². The number of rotatable bonds is 7. The van der Waals surface area contributed by atoms with E-state index in [0.717, 1.165) is 10.8 Å². The lowest BCUT2D eigenvalue weighted by atomic mass is 9.96. The van der Waals surface area contributed by atoms with Crippen LogP contribution in [0.2, 0.25) is 0 Å². The summed E-state index contributed by atoms with van der Waals surface area (Å²) in [6.45, 7) is 5.83. The predicted octanol–water partition coefficient (Wildman–Crippen LogP) is 3.77. The van der Waals surface area contributed by atoms with E-state index in [1.807, 2.05) is 6.07 Å². The maximum atomic E-state index is 12.4. The molecule has 0 radical (unpaired) electrons. The van der Waals surface area contributed by atoms with Crippen molar-refractivity contribution in [2.45, 2.75) is 13.3 Å². The highest BCUT2D eigenvalue weighted by atomic mass is 16.5. The molecule has 128 valence electrons. The first-order valence-corrected chi connectivity index (χ1v) is 7.65. The molecule has 2 aromatic rings. The van der Waals surface area contributed by atoms with Crippen LogP contribution in [0.5, 0.6) is 17.2 Å². The summed E-state index contributed by atoms with van der Waals surface area (Å²) in [6, 6.07) is 5.37. The Morgan fingerprint density at radius 1 is 1.12 bits per heavy atom. The fourth-order valence-corrected chi connectivity index (χ4v) is 2.77. The Morgan fingerprint density at radius 2 is 1.79 bits per heavy atom. The zero-order chi connectivity index (χ0) is 17.7. The van der Waals surface area contributed by atoms with Gasteiger partial charge in [-0.2, -0.15) is 0 Å². The van der Waals surface area contributed by atoms with Crippen molar-refractivity contribution in [2.75, 3.05) is 27.9 Å². The SMILES string of the molecule is C=CCc1c(C(=O)OCC)cc2c(OC)ccc(OC)c2c1OC. The minimum Gasteiger partial charge on any atom is -0.496 e. The summed E-state index contributed by atoms with van der Waals surface area (Å²) >= 11 is 0. The van der Waals surface area contributed by atoms with Gasteiger partial charge in [-0.25, -0.2) is 4.79 Å². The molecule has 24 heavy (non-hydrogen) atoms. The number of carbonyl (C=O) groups is 1. The molecule has 0 fully saturated rings. The predicted molar refractivity (Wildman–Crippen MR) is 93.5 cm³/mol. The van der Waals surface area contributed by atoms with Crippen LogP contribution in [0.4, 0.5) is 0 Å². The molecule has 0 aliphatic rings. The average molecular weight is 330 g/mol. The second-order valence-electron chi connectivity index (χ2n) is 5.04. The monoisotopic (exact) mass is 330 g/mol. The van der Waals surface area contributed by atoms with Crippen LogP contribution in [0.1, 0.15) is 22.8 Å². The molecule has 0 atom stereocenters. The Morgan fingerprint density at radius 3 is 2.33 bits per heavy atom. The van der Waals surface area contributed by atoms with Gasteiger partial charge in [-0.3, -0.25) is 0 Å². The fourth-order valence-electron chi connectivity index (χ4n) is 2.77. The third-order valence-corrected chi connectivity index (χ3v) is 3.77. The first-order chi connectivity index (χ1) is 11.6. The second kappa shape index (κ2) is 7.73. The zero-order valence-electron chi connectivity index (χ0n) is 14.5. The number of esters is 1. The number of allylic oxidation sites excluding steroid dienone is 1. The van der Waals surface area contributed by atoms with Gasteiger partial charge in [0.2, 0.25) is 0 Å². The molecular weight excluding hydrogens is 308 g/mol. The van der Waals surface area contributed by atoms with Crippen molar-refractivity contribution in [3.05, 3.63) is 42.0 Å². The molecule has 0 aliphatic carbocycles. The molecule has 0 saturated heterocycles. The normalized spacial score (nSPS) is 10.3. The largest absolute Gasteiger partial charge is 0.496 e. The first-order valence-electron chi connectivity index (χ1n) is 7.65. The Bertz CT molecular complexity index is 764. The van der Waals surface area contributed by atoms with Crippen LogP contribution in [0.3, 0.4) is 0 Å². The highest BCUT2D eigenvalue weighted by Gasteiger charge is 2.23. The molecule has 0 unspecified atom stereocenters. The summed E-state index contributed by atoms with van der Waals surface area (Å²) in [6.07, 6.45) is 2.19. The molecule has 0 N–H and O–H groups in total. The maximum absolute atomic E-state index is 12.4. The molecular formula is C19H22O5. The summed E-state index contributed by atoms with van der Waals surface area (Å²) in [5.74, 6) is 1.42. The number of hydrogen-bond acceptors (Lipinski definition) is 5. The molecule has 0 bridgehead atoms. The highest BCUT2D eigenvalue weighted by molar-refractivity contribution is 6.05. The second-order valence-corrected chi connectivity index (χ2v) is 5.04. The van der Waals surface area contributed by atoms with Gasteiger partial charge in [0.25, 0.3) is 0 Å². The van der Waals surface area contributed by atoms with Gasteiger partial charge in [-0.1, -0.05) is 6.08 Å². The zero-order valence-corrected chi connectivity index (χ0v) is 14.5. The number of methoxy groups -OCH3 is 3. The van der Waals surface area contributed by atoms with Crippen molar-refractivity contribution >= 4 is 16.7 Å². The van der Waals surface area contributed by atoms with E-state index < -0.39 is 5.97 Å². The molecule has 0 heterocycles. The lowest BCUT2D eigenvalue weighted by Gasteiger charge is -2.18. The number of hydrogen-bond donors (Lipinski definition) is 0. The Balaban J connectivity index is 2.93. The summed E-state index contributed by atoms with van der Waals surface area (Å²) in [5, 5.41) is 1.48. The first kappa shape index (κ1) is 17.7. The van der Waals surface area contributed by atoms with Gasteiger partial charge in [0.05, 0.1) is 38.9 Å². The minimum atomic E-state index is -0.403. The highest BCUT2D eigenvalue weighted by Crippen LogP contribution is 2.43. The van der Waals surface area contributed by atoms with Crippen molar-refractivity contribution in [1.29, 1.82) is 0 Å². The van der Waals surface area contributed by atoms with Crippen LogP contribution in [0.25, 0.3) is 10.8 Å². The maximum Gasteiger partial charge on any atom is 0.338 e. The molecule has 0 amide bonds. The molecule has 2 rings (SSSR count). The Hall–Kier alpha value is -2.69. The summed E-state index contributed by atoms with van der Waals surface area (Å²) < 4.78 is 21.7. The van der Waals surface area contributed by atoms with E-state index in [1.165, 1.54) is 0 Å². The van der Waals surface area contributed by atoms with Crippen molar-refractivity contribution < 1.29 is 23.7 Å². The molecule has 0 spiro atoms. The van der Waals surface area contributed by atoms with E-state index in [4.69, 9.17) is 18.9 Å². The fraction of sp³-hybridized carbons (Fsp3) is 0.316. The van der Waals surface area contributed by atoms with Gasteiger partial charge >= 0.3 is 5.97 Å². The van der Waals surface area contributed by atoms with Gasteiger partial charge < -0.3 is 18.9 Å². The summed E-state index contributed by atoms with van der Waals surface area (Å²) in [7, 11) is 4.73. The quantitative estimate of drug-likeness (QED) is 0.571. The lowest BCUT2D eigenvalue weighted by molar-refractivity contribution is 0.0525. The smallest absolute Gasteiger partial charge is 0.338 e. The molecule has 0 aliphatic heterocycles. The van der Waals surface area contributed by atoms with Crippen molar-refractivity contribution in [3.8, 4) is 17.2 Å². The summed E-state index contributed by atoms with van der Waals surface area (Å²) in [5.41, 5.74) is 1.15. The Kier molecular flexibility index (Phi) is 5.68. The van der Waals surface area contributed by atoms with E-state index in [9.17, 15) is 4.79 Å². The van der Waals surface area contributed by atoms with E-state index >= 15 is 0 Å².